The molecule has 222 valence electrons. The molecule has 15 nitrogen and oxygen atoms in total. The number of carbonyl (C=O) groups excluding carboxylic acids is 6. The van der Waals surface area contributed by atoms with E-state index in [0.29, 0.717) is 0 Å². The molecule has 0 fully saturated rings. The Morgan fingerprint density at radius 3 is 1.62 bits per heavy atom. The number of rotatable bonds is 15. The summed E-state index contributed by atoms with van der Waals surface area (Å²) in [5.41, 5.74) is 7.68. The van der Waals surface area contributed by atoms with Crippen molar-refractivity contribution >= 4 is 41.4 Å². The number of carbonyl (C=O) groups is 7. The third-order valence-corrected chi connectivity index (χ3v) is 5.69. The number of carboxylic acid groups (broad SMARTS) is 1. The summed E-state index contributed by atoms with van der Waals surface area (Å²) in [6.45, 7) is 11.5. The van der Waals surface area contributed by atoms with Crippen molar-refractivity contribution in [3.8, 4) is 0 Å². The van der Waals surface area contributed by atoms with Crippen LogP contribution >= 0.6 is 0 Å². The number of carboxylic acids is 1. The van der Waals surface area contributed by atoms with Crippen molar-refractivity contribution in [3.05, 3.63) is 0 Å². The maximum atomic E-state index is 13.0. The Kier molecular flexibility index (Phi) is 13.0. The molecule has 10 N–H and O–H groups in total. The smallest absolute Gasteiger partial charge is 0.326 e. The minimum atomic E-state index is -1.60. The molecule has 0 aliphatic rings. The monoisotopic (exact) mass is 557 g/mol. The zero-order chi connectivity index (χ0) is 30.9. The fraction of sp³-hybridized carbons (Fsp3) is 0.708. The maximum absolute atomic E-state index is 13.0. The zero-order valence-corrected chi connectivity index (χ0v) is 23.8. The van der Waals surface area contributed by atoms with Crippen LogP contribution in [0.4, 0.5) is 0 Å². The van der Waals surface area contributed by atoms with Crippen LogP contribution in [0.15, 0.2) is 0 Å². The van der Waals surface area contributed by atoms with Crippen LogP contribution in [0.2, 0.25) is 0 Å². The van der Waals surface area contributed by atoms with Crippen molar-refractivity contribution in [2.24, 2.45) is 17.4 Å². The first-order valence-corrected chi connectivity index (χ1v) is 12.4. The summed E-state index contributed by atoms with van der Waals surface area (Å²) in [4.78, 5) is 85.9. The number of aliphatic carboxylic acids is 1. The van der Waals surface area contributed by atoms with E-state index in [1.165, 1.54) is 41.5 Å². The quantitative estimate of drug-likeness (QED) is 0.107. The molecule has 15 heteroatoms. The van der Waals surface area contributed by atoms with E-state index < -0.39 is 82.6 Å². The number of primary amides is 1. The number of nitrogens with two attached hydrogens (primary N) is 2. The molecular weight excluding hydrogens is 514 g/mol. The predicted molar refractivity (Wildman–Crippen MR) is 140 cm³/mol. The summed E-state index contributed by atoms with van der Waals surface area (Å²) in [6, 6.07) is -4.58. The molecule has 0 radical (unpaired) electrons. The van der Waals surface area contributed by atoms with Crippen molar-refractivity contribution in [2.75, 3.05) is 0 Å². The largest absolute Gasteiger partial charge is 0.480 e. The van der Waals surface area contributed by atoms with Gasteiger partial charge in [-0.1, -0.05) is 13.8 Å². The second-order valence-electron chi connectivity index (χ2n) is 10.8. The van der Waals surface area contributed by atoms with E-state index in [-0.39, 0.29) is 12.8 Å². The zero-order valence-electron chi connectivity index (χ0n) is 23.8. The highest BCUT2D eigenvalue weighted by atomic mass is 16.4. The predicted octanol–water partition coefficient (Wildman–Crippen LogP) is -2.40. The molecule has 0 saturated heterocycles. The van der Waals surface area contributed by atoms with Gasteiger partial charge in [0, 0.05) is 6.42 Å². The first-order chi connectivity index (χ1) is 17.6. The molecule has 0 aliphatic heterocycles. The standard InChI is InChI=1S/C24H43N7O8/c1-11(2)16(20(36)37)29-22(39)24(7,8)31-19(35)14(9-10-15(26)32)28-18(34)13(4)27-21(38)23(5,6)30-17(33)12(3)25/h11-14,16H,9-10,25H2,1-8H3,(H2,26,32)(H,27,38)(H,28,34)(H,29,39)(H,30,33)(H,31,35)(H,36,37)/t12-,13-,14-,16-/m0/s1. The number of hydrogen-bond acceptors (Lipinski definition) is 8. The average Bonchev–Trinajstić information content (AvgIpc) is 2.78. The summed E-state index contributed by atoms with van der Waals surface area (Å²) >= 11 is 0. The van der Waals surface area contributed by atoms with Crippen molar-refractivity contribution < 1.29 is 38.7 Å². The molecule has 0 aromatic heterocycles. The van der Waals surface area contributed by atoms with E-state index in [0.717, 1.165) is 0 Å². The fourth-order valence-electron chi connectivity index (χ4n) is 3.06. The second kappa shape index (κ2) is 14.4. The minimum Gasteiger partial charge on any atom is -0.480 e. The first-order valence-electron chi connectivity index (χ1n) is 12.4. The lowest BCUT2D eigenvalue weighted by molar-refractivity contribution is -0.144. The van der Waals surface area contributed by atoms with Gasteiger partial charge >= 0.3 is 5.97 Å². The minimum absolute atomic E-state index is 0.217. The number of hydrogen-bond donors (Lipinski definition) is 8. The molecule has 0 saturated carbocycles. The average molecular weight is 558 g/mol. The number of nitrogens with one attached hydrogen (secondary N) is 5. The summed E-state index contributed by atoms with van der Waals surface area (Å²) in [6.07, 6.45) is -0.499. The Bertz CT molecular complexity index is 962. The van der Waals surface area contributed by atoms with Gasteiger partial charge in [-0.15, -0.1) is 0 Å². The summed E-state index contributed by atoms with van der Waals surface area (Å²) in [5, 5.41) is 21.5. The van der Waals surface area contributed by atoms with Crippen LogP contribution in [0.25, 0.3) is 0 Å². The van der Waals surface area contributed by atoms with E-state index in [4.69, 9.17) is 11.5 Å². The highest BCUT2D eigenvalue weighted by Crippen LogP contribution is 2.10. The SMILES string of the molecule is CC(C)[C@H](NC(=O)C(C)(C)NC(=O)[C@H](CCC(N)=O)NC(=O)[C@H](C)NC(=O)C(C)(C)NC(=O)[C@H](C)N)C(=O)O. The van der Waals surface area contributed by atoms with Crippen molar-refractivity contribution in [1.82, 2.24) is 26.6 Å². The fourth-order valence-corrected chi connectivity index (χ4v) is 3.06. The molecule has 0 unspecified atom stereocenters. The lowest BCUT2D eigenvalue weighted by Gasteiger charge is -2.31. The van der Waals surface area contributed by atoms with Gasteiger partial charge in [0.1, 0.15) is 29.2 Å². The molecule has 4 atom stereocenters. The topological polar surface area (TPSA) is 252 Å². The first kappa shape index (κ1) is 35.2. The van der Waals surface area contributed by atoms with E-state index in [1.54, 1.807) is 13.8 Å². The van der Waals surface area contributed by atoms with Gasteiger partial charge in [0.25, 0.3) is 0 Å². The summed E-state index contributed by atoms with van der Waals surface area (Å²) < 4.78 is 0. The van der Waals surface area contributed by atoms with Gasteiger partial charge in [-0.3, -0.25) is 28.8 Å². The van der Waals surface area contributed by atoms with Crippen LogP contribution < -0.4 is 38.1 Å². The lowest BCUT2D eigenvalue weighted by Crippen LogP contribution is -2.63. The van der Waals surface area contributed by atoms with Crippen LogP contribution in [0.1, 0.15) is 68.2 Å². The van der Waals surface area contributed by atoms with Crippen LogP contribution in [-0.4, -0.2) is 81.8 Å². The Labute approximate surface area is 227 Å². The van der Waals surface area contributed by atoms with Gasteiger partial charge in [0.05, 0.1) is 6.04 Å². The Morgan fingerprint density at radius 2 is 1.21 bits per heavy atom. The Balaban J connectivity index is 5.55. The van der Waals surface area contributed by atoms with Gasteiger partial charge in [-0.05, 0) is 53.9 Å². The Hall–Kier alpha value is -3.75. The molecule has 0 aliphatic carbocycles. The van der Waals surface area contributed by atoms with Crippen LogP contribution in [0, 0.1) is 5.92 Å². The van der Waals surface area contributed by atoms with Gasteiger partial charge < -0.3 is 43.2 Å². The summed E-state index contributed by atoms with van der Waals surface area (Å²) in [5.74, 6) is -6.13. The van der Waals surface area contributed by atoms with Crippen molar-refractivity contribution in [1.29, 1.82) is 0 Å². The van der Waals surface area contributed by atoms with Gasteiger partial charge in [-0.2, -0.15) is 0 Å². The molecule has 0 rings (SSSR count). The molecule has 0 bridgehead atoms. The van der Waals surface area contributed by atoms with Crippen LogP contribution in [0.3, 0.4) is 0 Å². The highest BCUT2D eigenvalue weighted by molar-refractivity contribution is 5.98. The van der Waals surface area contributed by atoms with Crippen LogP contribution in [0.5, 0.6) is 0 Å². The van der Waals surface area contributed by atoms with Crippen molar-refractivity contribution in [2.45, 2.75) is 103 Å². The van der Waals surface area contributed by atoms with E-state index >= 15 is 0 Å². The third kappa shape index (κ3) is 11.7. The van der Waals surface area contributed by atoms with Crippen LogP contribution in [-0.2, 0) is 33.6 Å². The van der Waals surface area contributed by atoms with E-state index in [2.05, 4.69) is 26.6 Å². The normalized spacial score (nSPS) is 14.7. The maximum Gasteiger partial charge on any atom is 0.326 e. The van der Waals surface area contributed by atoms with Crippen molar-refractivity contribution in [3.63, 3.8) is 0 Å². The molecule has 0 heterocycles. The lowest BCUT2D eigenvalue weighted by atomic mass is 9.99. The highest BCUT2D eigenvalue weighted by Gasteiger charge is 2.37. The molecule has 0 aromatic rings. The van der Waals surface area contributed by atoms with Gasteiger partial charge in [0.2, 0.25) is 35.4 Å². The molecule has 39 heavy (non-hydrogen) atoms. The van der Waals surface area contributed by atoms with Gasteiger partial charge in [0.15, 0.2) is 0 Å². The molecule has 6 amide bonds. The molecular formula is C24H43N7O8. The van der Waals surface area contributed by atoms with E-state index in [1.807, 2.05) is 0 Å². The second-order valence-corrected chi connectivity index (χ2v) is 10.8. The molecule has 0 aromatic carbocycles. The van der Waals surface area contributed by atoms with E-state index in [9.17, 15) is 38.7 Å². The third-order valence-electron chi connectivity index (χ3n) is 5.69. The molecule has 0 spiro atoms. The summed E-state index contributed by atoms with van der Waals surface area (Å²) in [7, 11) is 0. The Morgan fingerprint density at radius 1 is 0.744 bits per heavy atom. The number of amides is 6. The van der Waals surface area contributed by atoms with Gasteiger partial charge in [-0.25, -0.2) is 4.79 Å².